The highest BCUT2D eigenvalue weighted by molar-refractivity contribution is 9.10. The van der Waals surface area contributed by atoms with Gasteiger partial charge in [0.05, 0.1) is 5.69 Å². The molecule has 0 unspecified atom stereocenters. The summed E-state index contributed by atoms with van der Waals surface area (Å²) in [5.74, 6) is -2.60. The number of aromatic nitrogens is 2. The molecule has 0 aliphatic carbocycles. The van der Waals surface area contributed by atoms with Gasteiger partial charge in [-0.3, -0.25) is 0 Å². The zero-order chi connectivity index (χ0) is 20.9. The number of rotatable bonds is 4. The summed E-state index contributed by atoms with van der Waals surface area (Å²) in [5, 5.41) is 13.6. The van der Waals surface area contributed by atoms with E-state index in [1.807, 2.05) is 0 Å². The second-order valence-corrected chi connectivity index (χ2v) is 8.13. The number of carboxylic acids is 1. The van der Waals surface area contributed by atoms with Crippen molar-refractivity contribution < 1.29 is 35.7 Å². The molecule has 0 saturated carbocycles. The molecule has 7 nitrogen and oxygen atoms in total. The van der Waals surface area contributed by atoms with Gasteiger partial charge >= 0.3 is 21.6 Å². The van der Waals surface area contributed by atoms with Gasteiger partial charge in [0.2, 0.25) is 0 Å². The molecule has 28 heavy (non-hydrogen) atoms. The lowest BCUT2D eigenvalue weighted by Gasteiger charge is -2.14. The number of fused-ring (bicyclic) bond motifs is 1. The second-order valence-electron chi connectivity index (χ2n) is 5.67. The summed E-state index contributed by atoms with van der Waals surface area (Å²) in [4.78, 5) is 11.6. The Bertz CT molecular complexity index is 1200. The van der Waals surface area contributed by atoms with E-state index in [0.717, 1.165) is 4.52 Å². The van der Waals surface area contributed by atoms with E-state index in [1.54, 1.807) is 24.3 Å². The normalized spacial score (nSPS) is 12.3. The number of carbonyl (C=O) groups is 1. The van der Waals surface area contributed by atoms with Crippen molar-refractivity contribution in [2.45, 2.75) is 12.4 Å². The van der Waals surface area contributed by atoms with E-state index in [0.29, 0.717) is 10.0 Å². The fourth-order valence-corrected chi connectivity index (χ4v) is 3.40. The minimum Gasteiger partial charge on any atom is -0.478 e. The number of aryl methyl sites for hydroxylation is 1. The highest BCUT2D eigenvalue weighted by atomic mass is 79.9. The first-order valence-corrected chi connectivity index (χ1v) is 9.64. The van der Waals surface area contributed by atoms with Crippen LogP contribution in [0, 0.1) is 6.92 Å². The van der Waals surface area contributed by atoms with E-state index < -0.39 is 32.9 Å². The van der Waals surface area contributed by atoms with Crippen molar-refractivity contribution in [3.8, 4) is 17.0 Å². The number of benzene rings is 1. The van der Waals surface area contributed by atoms with Crippen molar-refractivity contribution in [2.24, 2.45) is 0 Å². The fraction of sp³-hybridized carbons (Fsp3) is 0.125. The number of nitrogens with zero attached hydrogens (tertiary/aromatic N) is 2. The van der Waals surface area contributed by atoms with Crippen LogP contribution in [0.4, 0.5) is 13.2 Å². The van der Waals surface area contributed by atoms with Crippen LogP contribution in [0.2, 0.25) is 0 Å². The van der Waals surface area contributed by atoms with Gasteiger partial charge in [-0.2, -0.15) is 26.7 Å². The number of alkyl halides is 3. The summed E-state index contributed by atoms with van der Waals surface area (Å²) >= 11 is 3.28. The Hall–Kier alpha value is -2.60. The fourth-order valence-electron chi connectivity index (χ4n) is 2.51. The average Bonchev–Trinajstić information content (AvgIpc) is 2.97. The van der Waals surface area contributed by atoms with E-state index in [9.17, 15) is 31.5 Å². The SMILES string of the molecule is Cc1cn2nc(-c3cccc(Br)c3)cc2c(OS(=O)(=O)C(F)(F)F)c1C(=O)O. The number of hydrogen-bond acceptors (Lipinski definition) is 5. The van der Waals surface area contributed by atoms with Crippen LogP contribution in [0.5, 0.6) is 5.75 Å². The molecule has 0 saturated heterocycles. The molecule has 2 aromatic heterocycles. The second kappa shape index (κ2) is 6.78. The third-order valence-corrected chi connectivity index (χ3v) is 5.16. The Morgan fingerprint density at radius 1 is 1.29 bits per heavy atom. The summed E-state index contributed by atoms with van der Waals surface area (Å²) < 4.78 is 67.3. The number of pyridine rings is 1. The third kappa shape index (κ3) is 3.56. The Labute approximate surface area is 164 Å². The summed E-state index contributed by atoms with van der Waals surface area (Å²) in [6.45, 7) is 1.29. The largest absolute Gasteiger partial charge is 0.534 e. The van der Waals surface area contributed by atoms with Crippen LogP contribution >= 0.6 is 15.9 Å². The van der Waals surface area contributed by atoms with E-state index in [1.165, 1.54) is 19.2 Å². The molecule has 1 N–H and O–H groups in total. The molecule has 0 spiro atoms. The van der Waals surface area contributed by atoms with E-state index in [4.69, 9.17) is 0 Å². The lowest BCUT2D eigenvalue weighted by Crippen LogP contribution is -2.29. The summed E-state index contributed by atoms with van der Waals surface area (Å²) in [7, 11) is -6.09. The van der Waals surface area contributed by atoms with Gasteiger partial charge < -0.3 is 9.29 Å². The van der Waals surface area contributed by atoms with Crippen molar-refractivity contribution in [3.63, 3.8) is 0 Å². The molecule has 0 amide bonds. The van der Waals surface area contributed by atoms with Crippen molar-refractivity contribution in [1.82, 2.24) is 9.61 Å². The van der Waals surface area contributed by atoms with E-state index in [2.05, 4.69) is 25.2 Å². The smallest absolute Gasteiger partial charge is 0.478 e. The molecule has 0 atom stereocenters. The zero-order valence-corrected chi connectivity index (χ0v) is 16.3. The van der Waals surface area contributed by atoms with E-state index in [-0.39, 0.29) is 16.8 Å². The Morgan fingerprint density at radius 3 is 2.54 bits per heavy atom. The first-order valence-electron chi connectivity index (χ1n) is 7.43. The minimum absolute atomic E-state index is 0.0312. The predicted molar refractivity (Wildman–Crippen MR) is 95.6 cm³/mol. The topological polar surface area (TPSA) is 98.0 Å². The number of hydrogen-bond donors (Lipinski definition) is 1. The first kappa shape index (κ1) is 20.1. The van der Waals surface area contributed by atoms with Gasteiger partial charge in [-0.15, -0.1) is 0 Å². The van der Waals surface area contributed by atoms with Crippen LogP contribution in [0.15, 0.2) is 41.0 Å². The predicted octanol–water partition coefficient (Wildman–Crippen LogP) is 4.00. The highest BCUT2D eigenvalue weighted by Crippen LogP contribution is 2.35. The monoisotopic (exact) mass is 478 g/mol. The Kier molecular flexibility index (Phi) is 4.88. The lowest BCUT2D eigenvalue weighted by atomic mass is 10.1. The van der Waals surface area contributed by atoms with E-state index >= 15 is 0 Å². The molecule has 2 heterocycles. The van der Waals surface area contributed by atoms with Gasteiger partial charge in [0.25, 0.3) is 0 Å². The summed E-state index contributed by atoms with van der Waals surface area (Å²) in [6, 6.07) is 8.04. The molecule has 0 radical (unpaired) electrons. The van der Waals surface area contributed by atoms with Gasteiger partial charge in [0, 0.05) is 16.2 Å². The van der Waals surface area contributed by atoms with Crippen LogP contribution in [0.1, 0.15) is 15.9 Å². The molecule has 0 bridgehead atoms. The number of aromatic carboxylic acids is 1. The maximum Gasteiger partial charge on any atom is 0.534 e. The Morgan fingerprint density at radius 2 is 1.96 bits per heavy atom. The lowest BCUT2D eigenvalue weighted by molar-refractivity contribution is -0.0500. The number of halogens is 4. The number of carboxylic acid groups (broad SMARTS) is 1. The van der Waals surface area contributed by atoms with Crippen molar-refractivity contribution >= 4 is 37.5 Å². The van der Waals surface area contributed by atoms with Crippen LogP contribution in [-0.4, -0.2) is 34.6 Å². The van der Waals surface area contributed by atoms with Gasteiger partial charge in [-0.1, -0.05) is 28.1 Å². The maximum absolute atomic E-state index is 12.8. The summed E-state index contributed by atoms with van der Waals surface area (Å²) in [5.41, 5.74) is -5.87. The molecule has 0 fully saturated rings. The standard InChI is InChI=1S/C16H10BrF3N2O5S/c1-8-7-22-12(6-11(21-22)9-3-2-4-10(17)5-9)14(13(8)15(23)24)27-28(25,26)16(18,19)20/h2-7H,1H3,(H,23,24). The van der Waals surface area contributed by atoms with Gasteiger partial charge in [0.1, 0.15) is 11.1 Å². The zero-order valence-electron chi connectivity index (χ0n) is 13.9. The minimum atomic E-state index is -6.09. The molecular formula is C16H10BrF3N2O5S. The van der Waals surface area contributed by atoms with Crippen molar-refractivity contribution in [1.29, 1.82) is 0 Å². The molecule has 12 heteroatoms. The molecule has 3 aromatic rings. The van der Waals surface area contributed by atoms with Gasteiger partial charge in [0.15, 0.2) is 5.75 Å². The van der Waals surface area contributed by atoms with Crippen molar-refractivity contribution in [3.05, 3.63) is 52.1 Å². The van der Waals surface area contributed by atoms with Crippen LogP contribution in [0.25, 0.3) is 16.8 Å². The van der Waals surface area contributed by atoms with Crippen molar-refractivity contribution in [2.75, 3.05) is 0 Å². The average molecular weight is 479 g/mol. The first-order chi connectivity index (χ1) is 12.9. The summed E-state index contributed by atoms with van der Waals surface area (Å²) in [6.07, 6.45) is 1.26. The highest BCUT2D eigenvalue weighted by Gasteiger charge is 2.49. The molecule has 0 aliphatic heterocycles. The molecule has 3 rings (SSSR count). The molecule has 1 aromatic carbocycles. The van der Waals surface area contributed by atoms with Crippen LogP contribution in [-0.2, 0) is 10.1 Å². The Balaban J connectivity index is 2.30. The molecule has 148 valence electrons. The molecule has 0 aliphatic rings. The quantitative estimate of drug-likeness (QED) is 0.449. The molecular weight excluding hydrogens is 469 g/mol. The maximum atomic E-state index is 12.8. The van der Waals surface area contributed by atoms with Gasteiger partial charge in [-0.25, -0.2) is 9.31 Å². The third-order valence-electron chi connectivity index (χ3n) is 3.72. The van der Waals surface area contributed by atoms with Crippen LogP contribution < -0.4 is 4.18 Å². The van der Waals surface area contributed by atoms with Crippen LogP contribution in [0.3, 0.4) is 0 Å². The van der Waals surface area contributed by atoms with Gasteiger partial charge in [-0.05, 0) is 30.7 Å².